The Kier molecular flexibility index (Phi) is 5.36. The zero-order chi connectivity index (χ0) is 17.1. The van der Waals surface area contributed by atoms with Gasteiger partial charge in [0.15, 0.2) is 0 Å². The number of benzene rings is 1. The Hall–Kier alpha value is -1.66. The van der Waals surface area contributed by atoms with Crippen molar-refractivity contribution in [2.45, 2.75) is 25.3 Å². The van der Waals surface area contributed by atoms with Gasteiger partial charge in [0, 0.05) is 29.0 Å². The van der Waals surface area contributed by atoms with Crippen LogP contribution in [0.4, 0.5) is 5.82 Å². The van der Waals surface area contributed by atoms with E-state index in [9.17, 15) is 4.79 Å². The molecule has 24 heavy (non-hydrogen) atoms. The Morgan fingerprint density at radius 1 is 1.33 bits per heavy atom. The predicted octanol–water partition coefficient (Wildman–Crippen LogP) is 3.37. The summed E-state index contributed by atoms with van der Waals surface area (Å²) in [7, 11) is 1.90. The Morgan fingerprint density at radius 2 is 2.17 bits per heavy atom. The van der Waals surface area contributed by atoms with E-state index in [0.717, 1.165) is 53.5 Å². The van der Waals surface area contributed by atoms with Crippen LogP contribution in [-0.2, 0) is 4.79 Å². The molecule has 1 unspecified atom stereocenters. The second kappa shape index (κ2) is 7.49. The largest absolute Gasteiger partial charge is 0.480 e. The molecule has 0 radical (unpaired) electrons. The van der Waals surface area contributed by atoms with E-state index in [1.807, 2.05) is 24.1 Å². The summed E-state index contributed by atoms with van der Waals surface area (Å²) in [6, 6.07) is 10.6. The summed E-state index contributed by atoms with van der Waals surface area (Å²) in [6.07, 6.45) is 3.04. The number of pyridine rings is 1. The first kappa shape index (κ1) is 17.2. The van der Waals surface area contributed by atoms with Crippen LogP contribution in [0.1, 0.15) is 19.3 Å². The SMILES string of the molecule is CN(CC(=O)O)C1CCCN(c2ccc3cc(Br)ccc3n2)CC1. The van der Waals surface area contributed by atoms with Gasteiger partial charge in [0.2, 0.25) is 0 Å². The van der Waals surface area contributed by atoms with Crippen LogP contribution in [0.25, 0.3) is 10.9 Å². The lowest BCUT2D eigenvalue weighted by molar-refractivity contribution is -0.138. The van der Waals surface area contributed by atoms with Crippen molar-refractivity contribution < 1.29 is 9.90 Å². The average molecular weight is 392 g/mol. The van der Waals surface area contributed by atoms with E-state index in [1.54, 1.807) is 0 Å². The van der Waals surface area contributed by atoms with E-state index in [2.05, 4.69) is 39.0 Å². The molecule has 0 aliphatic carbocycles. The summed E-state index contributed by atoms with van der Waals surface area (Å²) in [5.74, 6) is 0.243. The molecule has 1 N–H and O–H groups in total. The minimum atomic E-state index is -0.763. The summed E-state index contributed by atoms with van der Waals surface area (Å²) in [6.45, 7) is 1.98. The molecule has 1 aromatic heterocycles. The molecule has 0 amide bonds. The molecule has 0 spiro atoms. The maximum Gasteiger partial charge on any atom is 0.317 e. The topological polar surface area (TPSA) is 56.7 Å². The standard InChI is InChI=1S/C18H22BrN3O2/c1-21(12-18(23)24)15-3-2-9-22(10-8-15)17-7-4-13-11-14(19)5-6-16(13)20-17/h4-7,11,15H,2-3,8-10,12H2,1H3,(H,23,24). The van der Waals surface area contributed by atoms with Crippen LogP contribution < -0.4 is 4.90 Å². The highest BCUT2D eigenvalue weighted by Crippen LogP contribution is 2.24. The van der Waals surface area contributed by atoms with Crippen LogP contribution in [0.5, 0.6) is 0 Å². The molecule has 1 atom stereocenters. The first-order valence-electron chi connectivity index (χ1n) is 8.26. The normalized spacial score (nSPS) is 18.8. The molecule has 6 heteroatoms. The minimum absolute atomic E-state index is 0.105. The number of fused-ring (bicyclic) bond motifs is 1. The molecule has 0 bridgehead atoms. The average Bonchev–Trinajstić information content (AvgIpc) is 2.80. The van der Waals surface area contributed by atoms with E-state index in [-0.39, 0.29) is 6.54 Å². The molecule has 1 fully saturated rings. The first-order chi connectivity index (χ1) is 11.5. The van der Waals surface area contributed by atoms with Gasteiger partial charge in [0.25, 0.3) is 0 Å². The number of aliphatic carboxylic acids is 1. The van der Waals surface area contributed by atoms with E-state index in [0.29, 0.717) is 6.04 Å². The van der Waals surface area contributed by atoms with E-state index < -0.39 is 5.97 Å². The van der Waals surface area contributed by atoms with Gasteiger partial charge < -0.3 is 10.0 Å². The lowest BCUT2D eigenvalue weighted by Crippen LogP contribution is -2.36. The summed E-state index contributed by atoms with van der Waals surface area (Å²) in [5.41, 5.74) is 1.000. The number of carbonyl (C=O) groups is 1. The van der Waals surface area contributed by atoms with Gasteiger partial charge in [-0.15, -0.1) is 0 Å². The fraction of sp³-hybridized carbons (Fsp3) is 0.444. The second-order valence-corrected chi connectivity index (χ2v) is 7.30. The van der Waals surface area contributed by atoms with Crippen molar-refractivity contribution in [2.24, 2.45) is 0 Å². The van der Waals surface area contributed by atoms with Gasteiger partial charge in [-0.1, -0.05) is 15.9 Å². The first-order valence-corrected chi connectivity index (χ1v) is 9.05. The van der Waals surface area contributed by atoms with Gasteiger partial charge >= 0.3 is 5.97 Å². The van der Waals surface area contributed by atoms with Crippen LogP contribution in [-0.4, -0.2) is 53.7 Å². The molecule has 2 aromatic rings. The summed E-state index contributed by atoms with van der Waals surface area (Å²) in [4.78, 5) is 20.0. The van der Waals surface area contributed by atoms with Gasteiger partial charge in [0.05, 0.1) is 12.1 Å². The smallest absolute Gasteiger partial charge is 0.317 e. The predicted molar refractivity (Wildman–Crippen MR) is 99.6 cm³/mol. The highest BCUT2D eigenvalue weighted by molar-refractivity contribution is 9.10. The highest BCUT2D eigenvalue weighted by Gasteiger charge is 2.22. The summed E-state index contributed by atoms with van der Waals surface area (Å²) in [5, 5.41) is 10.1. The monoisotopic (exact) mass is 391 g/mol. The van der Waals surface area contributed by atoms with E-state index in [4.69, 9.17) is 10.1 Å². The van der Waals surface area contributed by atoms with Crippen LogP contribution >= 0.6 is 15.9 Å². The number of carboxylic acid groups (broad SMARTS) is 1. The molecule has 3 rings (SSSR count). The number of anilines is 1. The molecule has 1 saturated heterocycles. The van der Waals surface area contributed by atoms with Gasteiger partial charge in [-0.25, -0.2) is 4.98 Å². The Labute approximate surface area is 150 Å². The highest BCUT2D eigenvalue weighted by atomic mass is 79.9. The van der Waals surface area contributed by atoms with Gasteiger partial charge in [0.1, 0.15) is 5.82 Å². The number of rotatable bonds is 4. The molecule has 0 saturated carbocycles. The number of aromatic nitrogens is 1. The Balaban J connectivity index is 1.71. The quantitative estimate of drug-likeness (QED) is 0.865. The molecule has 1 aliphatic heterocycles. The van der Waals surface area contributed by atoms with Crippen molar-refractivity contribution >= 4 is 38.6 Å². The van der Waals surface area contributed by atoms with E-state index in [1.165, 1.54) is 0 Å². The maximum atomic E-state index is 10.9. The summed E-state index contributed by atoms with van der Waals surface area (Å²) >= 11 is 3.49. The van der Waals surface area contributed by atoms with Crippen LogP contribution in [0.3, 0.4) is 0 Å². The number of hydrogen-bond donors (Lipinski definition) is 1. The van der Waals surface area contributed by atoms with Crippen LogP contribution in [0, 0.1) is 0 Å². The number of carboxylic acids is 1. The zero-order valence-corrected chi connectivity index (χ0v) is 15.4. The third-order valence-corrected chi connectivity index (χ3v) is 5.16. The fourth-order valence-corrected chi connectivity index (χ4v) is 3.73. The molecule has 128 valence electrons. The van der Waals surface area contributed by atoms with Gasteiger partial charge in [-0.2, -0.15) is 0 Å². The van der Waals surface area contributed by atoms with Crippen molar-refractivity contribution in [1.82, 2.24) is 9.88 Å². The fourth-order valence-electron chi connectivity index (χ4n) is 3.35. The molecule has 5 nitrogen and oxygen atoms in total. The van der Waals surface area contributed by atoms with Crippen molar-refractivity contribution in [1.29, 1.82) is 0 Å². The number of halogens is 1. The van der Waals surface area contributed by atoms with Crippen molar-refractivity contribution in [3.8, 4) is 0 Å². The Morgan fingerprint density at radius 3 is 2.96 bits per heavy atom. The third-order valence-electron chi connectivity index (χ3n) is 4.67. The molecular formula is C18H22BrN3O2. The van der Waals surface area contributed by atoms with Gasteiger partial charge in [-0.3, -0.25) is 9.69 Å². The minimum Gasteiger partial charge on any atom is -0.480 e. The zero-order valence-electron chi connectivity index (χ0n) is 13.8. The lowest BCUT2D eigenvalue weighted by atomic mass is 10.1. The summed E-state index contributed by atoms with van der Waals surface area (Å²) < 4.78 is 1.06. The van der Waals surface area contributed by atoms with E-state index >= 15 is 0 Å². The lowest BCUT2D eigenvalue weighted by Gasteiger charge is -2.26. The number of hydrogen-bond acceptors (Lipinski definition) is 4. The van der Waals surface area contributed by atoms with Crippen LogP contribution in [0.15, 0.2) is 34.8 Å². The van der Waals surface area contributed by atoms with Gasteiger partial charge in [-0.05, 0) is 56.6 Å². The Bertz CT molecular complexity index is 737. The van der Waals surface area contributed by atoms with Crippen molar-refractivity contribution in [2.75, 3.05) is 31.6 Å². The second-order valence-electron chi connectivity index (χ2n) is 6.39. The maximum absolute atomic E-state index is 10.9. The molecule has 1 aliphatic rings. The molecule has 2 heterocycles. The van der Waals surface area contributed by atoms with Crippen molar-refractivity contribution in [3.63, 3.8) is 0 Å². The molecule has 1 aromatic carbocycles. The van der Waals surface area contributed by atoms with Crippen LogP contribution in [0.2, 0.25) is 0 Å². The third kappa shape index (κ3) is 4.05. The van der Waals surface area contributed by atoms with Crippen molar-refractivity contribution in [3.05, 3.63) is 34.8 Å². The number of nitrogens with zero attached hydrogens (tertiary/aromatic N) is 3. The molecular weight excluding hydrogens is 370 g/mol. The number of likely N-dealkylation sites (N-methyl/N-ethyl adjacent to an activating group) is 1.